The Morgan fingerprint density at radius 2 is 1.88 bits per heavy atom. The summed E-state index contributed by atoms with van der Waals surface area (Å²) in [6.45, 7) is 5.12. The van der Waals surface area contributed by atoms with Crippen molar-refractivity contribution in [3.05, 3.63) is 56.0 Å². The lowest BCUT2D eigenvalue weighted by atomic mass is 10.2. The van der Waals surface area contributed by atoms with Crippen LogP contribution in [0.5, 0.6) is 0 Å². The minimum Gasteiger partial charge on any atom is -0.395 e. The van der Waals surface area contributed by atoms with E-state index in [1.54, 1.807) is 6.92 Å². The lowest BCUT2D eigenvalue weighted by Gasteiger charge is -2.35. The number of aromatic nitrogens is 4. The quantitative estimate of drug-likeness (QED) is 0.263. The van der Waals surface area contributed by atoms with Gasteiger partial charge in [0.15, 0.2) is 5.82 Å². The Kier molecular flexibility index (Phi) is 9.76. The third-order valence-corrected chi connectivity index (χ3v) is 7.92. The van der Waals surface area contributed by atoms with Gasteiger partial charge in [0.25, 0.3) is 5.91 Å². The molecule has 216 valence electrons. The van der Waals surface area contributed by atoms with Gasteiger partial charge in [0.2, 0.25) is 0 Å². The van der Waals surface area contributed by atoms with Gasteiger partial charge < -0.3 is 20.4 Å². The van der Waals surface area contributed by atoms with Crippen molar-refractivity contribution in [3.63, 3.8) is 0 Å². The number of nitrogens with zero attached hydrogens (tertiary/aromatic N) is 6. The van der Waals surface area contributed by atoms with E-state index in [9.17, 15) is 23.1 Å². The van der Waals surface area contributed by atoms with Crippen LogP contribution in [-0.2, 0) is 6.18 Å². The summed E-state index contributed by atoms with van der Waals surface area (Å²) in [7, 11) is 0. The van der Waals surface area contributed by atoms with E-state index >= 15 is 0 Å². The predicted molar refractivity (Wildman–Crippen MR) is 144 cm³/mol. The summed E-state index contributed by atoms with van der Waals surface area (Å²) < 4.78 is 39.3. The fraction of sp³-hybridized carbons (Fsp3) is 0.435. The van der Waals surface area contributed by atoms with E-state index in [1.165, 1.54) is 12.5 Å². The van der Waals surface area contributed by atoms with Crippen LogP contribution < -0.4 is 15.5 Å². The SMILES string of the molecule is CC(NC(O)c1ncnc(N2CCN(CCO)CC2)c1Cl)c1ncc(C(=O)Nc2cc(C(F)(F)F)c(Cl)cn2)s1. The number of piperazine rings is 1. The maximum Gasteiger partial charge on any atom is 0.418 e. The highest BCUT2D eigenvalue weighted by atomic mass is 35.5. The monoisotopic (exact) mass is 620 g/mol. The molecule has 0 aliphatic carbocycles. The third-order valence-electron chi connectivity index (χ3n) is 6.07. The molecule has 4 N–H and O–H groups in total. The van der Waals surface area contributed by atoms with Crippen molar-refractivity contribution < 1.29 is 28.2 Å². The number of thiazole rings is 1. The lowest BCUT2D eigenvalue weighted by molar-refractivity contribution is -0.137. The first-order valence-corrected chi connectivity index (χ1v) is 13.6. The molecule has 40 heavy (non-hydrogen) atoms. The summed E-state index contributed by atoms with van der Waals surface area (Å²) in [5.74, 6) is -0.536. The molecule has 1 saturated heterocycles. The number of aliphatic hydroxyl groups is 2. The molecular formula is C23H25Cl2F3N8O3S. The molecule has 0 saturated carbocycles. The normalized spacial score (nSPS) is 16.1. The highest BCUT2D eigenvalue weighted by Crippen LogP contribution is 2.35. The number of hydrogen-bond donors (Lipinski definition) is 4. The van der Waals surface area contributed by atoms with Gasteiger partial charge in [0, 0.05) is 38.9 Å². The van der Waals surface area contributed by atoms with E-state index in [1.807, 2.05) is 4.90 Å². The fourth-order valence-electron chi connectivity index (χ4n) is 3.99. The average Bonchev–Trinajstić information content (AvgIpc) is 3.41. The Labute approximate surface area is 241 Å². The molecule has 3 aromatic rings. The molecule has 1 aliphatic heterocycles. The first kappa shape index (κ1) is 30.3. The van der Waals surface area contributed by atoms with E-state index in [-0.39, 0.29) is 28.0 Å². The number of amides is 1. The van der Waals surface area contributed by atoms with E-state index in [0.29, 0.717) is 36.5 Å². The standard InChI is InChI=1S/C23H25Cl2F3N8O3S/c1-12(22-30-10-15(40-22)20(38)34-16-8-13(23(26,27)28)14(24)9-29-16)33-21(39)18-17(25)19(32-11-31-18)36-4-2-35(3-5-36)6-7-37/h8-12,21,33,37,39H,2-7H2,1H3,(H,29,34,38). The fourth-order valence-corrected chi connectivity index (χ4v) is 5.35. The van der Waals surface area contributed by atoms with Crippen molar-refractivity contribution in [3.8, 4) is 0 Å². The second-order valence-corrected chi connectivity index (χ2v) is 10.7. The molecule has 3 aromatic heterocycles. The first-order chi connectivity index (χ1) is 19.0. The smallest absolute Gasteiger partial charge is 0.395 e. The van der Waals surface area contributed by atoms with Crippen LogP contribution in [0.1, 0.15) is 45.1 Å². The summed E-state index contributed by atoms with van der Waals surface area (Å²) in [4.78, 5) is 33.2. The van der Waals surface area contributed by atoms with Gasteiger partial charge >= 0.3 is 6.18 Å². The van der Waals surface area contributed by atoms with Crippen LogP contribution >= 0.6 is 34.5 Å². The van der Waals surface area contributed by atoms with E-state index in [2.05, 4.69) is 35.5 Å². The number of β-amino-alcohol motifs (C(OH)–C–C–N with tert-alkyl or cyclic N) is 1. The number of halogens is 5. The van der Waals surface area contributed by atoms with E-state index in [4.69, 9.17) is 28.3 Å². The maximum atomic E-state index is 13.1. The van der Waals surface area contributed by atoms with Crippen LogP contribution in [0, 0.1) is 0 Å². The number of anilines is 2. The van der Waals surface area contributed by atoms with Crippen molar-refractivity contribution in [2.75, 3.05) is 49.5 Å². The van der Waals surface area contributed by atoms with E-state index in [0.717, 1.165) is 30.6 Å². The van der Waals surface area contributed by atoms with Gasteiger partial charge in [0.1, 0.15) is 39.0 Å². The van der Waals surface area contributed by atoms with Crippen LogP contribution in [0.4, 0.5) is 24.8 Å². The number of hydrogen-bond acceptors (Lipinski definition) is 11. The molecule has 0 radical (unpaired) electrons. The lowest BCUT2D eigenvalue weighted by Crippen LogP contribution is -2.47. The Balaban J connectivity index is 1.40. The molecule has 1 fully saturated rings. The van der Waals surface area contributed by atoms with Crippen LogP contribution in [-0.4, -0.2) is 80.3 Å². The zero-order chi connectivity index (χ0) is 29.0. The number of carbonyl (C=O) groups is 1. The summed E-state index contributed by atoms with van der Waals surface area (Å²) in [6.07, 6.45) is -2.60. The molecule has 11 nitrogen and oxygen atoms in total. The summed E-state index contributed by atoms with van der Waals surface area (Å²) in [5.41, 5.74) is -0.952. The van der Waals surface area contributed by atoms with Crippen LogP contribution in [0.3, 0.4) is 0 Å². The van der Waals surface area contributed by atoms with Gasteiger partial charge in [-0.25, -0.2) is 19.9 Å². The predicted octanol–water partition coefficient (Wildman–Crippen LogP) is 3.36. The molecule has 2 unspecified atom stereocenters. The highest BCUT2D eigenvalue weighted by molar-refractivity contribution is 7.13. The largest absolute Gasteiger partial charge is 0.418 e. The average molecular weight is 621 g/mol. The molecule has 0 bridgehead atoms. The van der Waals surface area contributed by atoms with Gasteiger partial charge in [-0.2, -0.15) is 13.2 Å². The van der Waals surface area contributed by atoms with Crippen molar-refractivity contribution in [1.29, 1.82) is 0 Å². The topological polar surface area (TPSA) is 140 Å². The third kappa shape index (κ3) is 7.15. The van der Waals surface area contributed by atoms with E-state index < -0.39 is 34.9 Å². The van der Waals surface area contributed by atoms with Crippen molar-refractivity contribution in [1.82, 2.24) is 30.2 Å². The number of aliphatic hydroxyl groups excluding tert-OH is 2. The van der Waals surface area contributed by atoms with Gasteiger partial charge in [-0.05, 0) is 13.0 Å². The van der Waals surface area contributed by atoms with Crippen molar-refractivity contribution in [2.24, 2.45) is 0 Å². The maximum absolute atomic E-state index is 13.1. The number of alkyl halides is 3. The molecule has 4 rings (SSSR count). The summed E-state index contributed by atoms with van der Waals surface area (Å²) in [5, 5.41) is 25.2. The van der Waals surface area contributed by atoms with Crippen LogP contribution in [0.2, 0.25) is 10.0 Å². The Bertz CT molecular complexity index is 1340. The molecule has 0 spiro atoms. The summed E-state index contributed by atoms with van der Waals surface area (Å²) in [6, 6.07) is 0.0980. The molecule has 4 heterocycles. The first-order valence-electron chi connectivity index (χ1n) is 12.0. The minimum absolute atomic E-state index is 0.0854. The van der Waals surface area contributed by atoms with Crippen molar-refractivity contribution in [2.45, 2.75) is 25.4 Å². The molecule has 1 amide bonds. The molecular weight excluding hydrogens is 596 g/mol. The van der Waals surface area contributed by atoms with Gasteiger partial charge in [-0.15, -0.1) is 11.3 Å². The van der Waals surface area contributed by atoms with Gasteiger partial charge in [0.05, 0.1) is 29.4 Å². The number of pyridine rings is 1. The zero-order valence-corrected chi connectivity index (χ0v) is 23.3. The van der Waals surface area contributed by atoms with Gasteiger partial charge in [-0.1, -0.05) is 23.2 Å². The van der Waals surface area contributed by atoms with Crippen LogP contribution in [0.15, 0.2) is 24.8 Å². The van der Waals surface area contributed by atoms with Gasteiger partial charge in [-0.3, -0.25) is 15.0 Å². The second kappa shape index (κ2) is 12.9. The minimum atomic E-state index is -4.71. The Morgan fingerprint density at radius 3 is 2.55 bits per heavy atom. The number of carbonyl (C=O) groups excluding carboxylic acids is 1. The second-order valence-electron chi connectivity index (χ2n) is 8.80. The van der Waals surface area contributed by atoms with Crippen molar-refractivity contribution >= 4 is 52.1 Å². The Morgan fingerprint density at radius 1 is 1.15 bits per heavy atom. The highest BCUT2D eigenvalue weighted by Gasteiger charge is 2.34. The number of nitrogens with one attached hydrogen (secondary N) is 2. The number of rotatable bonds is 9. The zero-order valence-electron chi connectivity index (χ0n) is 21.0. The Hall–Kier alpha value is -2.66. The van der Waals surface area contributed by atoms with Crippen LogP contribution in [0.25, 0.3) is 0 Å². The molecule has 2 atom stereocenters. The molecule has 17 heteroatoms. The molecule has 0 aromatic carbocycles. The molecule has 1 aliphatic rings. The summed E-state index contributed by atoms with van der Waals surface area (Å²) >= 11 is 13.1.